The molecule has 2 N–H and O–H groups in total. The van der Waals surface area contributed by atoms with Crippen molar-refractivity contribution in [1.82, 2.24) is 10.1 Å². The second-order valence-corrected chi connectivity index (χ2v) is 6.71. The van der Waals surface area contributed by atoms with Crippen LogP contribution in [0.15, 0.2) is 47.0 Å². The van der Waals surface area contributed by atoms with Crippen molar-refractivity contribution in [3.05, 3.63) is 59.5 Å². The number of aromatic nitrogens is 2. The molecule has 6 nitrogen and oxygen atoms in total. The maximum atomic E-state index is 5.68. The molecule has 6 heteroatoms. The van der Waals surface area contributed by atoms with Gasteiger partial charge in [0.1, 0.15) is 13.2 Å². The first-order valence-corrected chi connectivity index (χ1v) is 8.84. The first-order valence-electron chi connectivity index (χ1n) is 8.84. The van der Waals surface area contributed by atoms with Crippen molar-refractivity contribution in [3.63, 3.8) is 0 Å². The van der Waals surface area contributed by atoms with Crippen molar-refractivity contribution >= 4 is 0 Å². The summed E-state index contributed by atoms with van der Waals surface area (Å²) in [4.78, 5) is 4.60. The molecule has 0 radical (unpaired) electrons. The van der Waals surface area contributed by atoms with E-state index in [2.05, 4.69) is 22.3 Å². The molecule has 0 amide bonds. The van der Waals surface area contributed by atoms with E-state index >= 15 is 0 Å². The van der Waals surface area contributed by atoms with Crippen molar-refractivity contribution in [2.75, 3.05) is 13.2 Å². The average molecular weight is 349 g/mol. The second-order valence-electron chi connectivity index (χ2n) is 6.71. The van der Waals surface area contributed by atoms with Gasteiger partial charge in [-0.15, -0.1) is 0 Å². The van der Waals surface area contributed by atoms with Crippen LogP contribution in [-0.2, 0) is 6.54 Å². The van der Waals surface area contributed by atoms with Crippen LogP contribution in [0.3, 0.4) is 0 Å². The molecular weight excluding hydrogens is 330 g/mol. The lowest BCUT2D eigenvalue weighted by molar-refractivity contribution is 0.171. The second kappa shape index (κ2) is 6.14. The SMILES string of the molecule is NCc1ccc(-c2noc(C3CC3c3ccc4c(c3)OCCO4)n2)cc1. The normalized spacial score (nSPS) is 20.8. The first-order chi connectivity index (χ1) is 12.8. The van der Waals surface area contributed by atoms with E-state index in [4.69, 9.17) is 19.7 Å². The number of nitrogens with two attached hydrogens (primary N) is 1. The third-order valence-corrected chi connectivity index (χ3v) is 4.99. The standard InChI is InChI=1S/C20H19N3O3/c21-11-12-1-3-13(4-2-12)19-22-20(26-23-19)16-10-15(16)14-5-6-17-18(9-14)25-8-7-24-17/h1-6,9,15-16H,7-8,10-11,21H2. The molecule has 0 spiro atoms. The Morgan fingerprint density at radius 1 is 0.962 bits per heavy atom. The fourth-order valence-corrected chi connectivity index (χ4v) is 3.42. The molecule has 5 rings (SSSR count). The Labute approximate surface area is 150 Å². The van der Waals surface area contributed by atoms with E-state index in [1.54, 1.807) is 0 Å². The van der Waals surface area contributed by atoms with Gasteiger partial charge in [-0.25, -0.2) is 0 Å². The number of rotatable bonds is 4. The summed E-state index contributed by atoms with van der Waals surface area (Å²) in [5.74, 6) is 3.61. The highest BCUT2D eigenvalue weighted by Gasteiger charge is 2.44. The van der Waals surface area contributed by atoms with E-state index in [0.717, 1.165) is 29.0 Å². The van der Waals surface area contributed by atoms with Gasteiger partial charge < -0.3 is 19.7 Å². The van der Waals surface area contributed by atoms with Gasteiger partial charge in [0.2, 0.25) is 11.7 Å². The molecule has 2 aliphatic rings. The molecule has 26 heavy (non-hydrogen) atoms. The minimum absolute atomic E-state index is 0.266. The number of ether oxygens (including phenoxy) is 2. The van der Waals surface area contributed by atoms with Crippen LogP contribution >= 0.6 is 0 Å². The topological polar surface area (TPSA) is 83.4 Å². The number of benzene rings is 2. The Bertz CT molecular complexity index is 936. The number of nitrogens with zero attached hydrogens (tertiary/aromatic N) is 2. The van der Waals surface area contributed by atoms with Gasteiger partial charge >= 0.3 is 0 Å². The molecule has 2 aromatic carbocycles. The van der Waals surface area contributed by atoms with Crippen molar-refractivity contribution in [3.8, 4) is 22.9 Å². The summed E-state index contributed by atoms with van der Waals surface area (Å²) < 4.78 is 16.8. The van der Waals surface area contributed by atoms with Gasteiger partial charge in [0.15, 0.2) is 11.5 Å². The Morgan fingerprint density at radius 3 is 2.58 bits per heavy atom. The summed E-state index contributed by atoms with van der Waals surface area (Å²) in [7, 11) is 0. The van der Waals surface area contributed by atoms with Crippen LogP contribution in [0.25, 0.3) is 11.4 Å². The van der Waals surface area contributed by atoms with Crippen molar-refractivity contribution in [2.45, 2.75) is 24.8 Å². The number of hydrogen-bond acceptors (Lipinski definition) is 6. The summed E-state index contributed by atoms with van der Waals surface area (Å²) in [6.07, 6.45) is 1.01. The maximum absolute atomic E-state index is 5.68. The quantitative estimate of drug-likeness (QED) is 0.778. The fraction of sp³-hybridized carbons (Fsp3) is 0.300. The maximum Gasteiger partial charge on any atom is 0.230 e. The molecule has 0 bridgehead atoms. The lowest BCUT2D eigenvalue weighted by Crippen LogP contribution is -2.15. The lowest BCUT2D eigenvalue weighted by atomic mass is 10.1. The summed E-state index contributed by atoms with van der Waals surface area (Å²) >= 11 is 0. The predicted molar refractivity (Wildman–Crippen MR) is 95.2 cm³/mol. The molecule has 1 aromatic heterocycles. The minimum Gasteiger partial charge on any atom is -0.486 e. The highest BCUT2D eigenvalue weighted by molar-refractivity contribution is 5.55. The Morgan fingerprint density at radius 2 is 1.77 bits per heavy atom. The van der Waals surface area contributed by atoms with Crippen LogP contribution in [0.5, 0.6) is 11.5 Å². The Balaban J connectivity index is 1.33. The summed E-state index contributed by atoms with van der Waals surface area (Å²) in [6.45, 7) is 1.73. The van der Waals surface area contributed by atoms with Crippen LogP contribution in [0, 0.1) is 0 Å². The van der Waals surface area contributed by atoms with Gasteiger partial charge in [-0.05, 0) is 35.6 Å². The van der Waals surface area contributed by atoms with E-state index in [1.165, 1.54) is 5.56 Å². The van der Waals surface area contributed by atoms with Gasteiger partial charge in [-0.1, -0.05) is 35.5 Å². The summed E-state index contributed by atoms with van der Waals surface area (Å²) in [5.41, 5.74) is 8.89. The summed E-state index contributed by atoms with van der Waals surface area (Å²) in [6, 6.07) is 14.1. The monoisotopic (exact) mass is 349 g/mol. The predicted octanol–water partition coefficient (Wildman–Crippen LogP) is 3.24. The highest BCUT2D eigenvalue weighted by atomic mass is 16.6. The molecule has 2 heterocycles. The molecule has 1 fully saturated rings. The zero-order valence-corrected chi connectivity index (χ0v) is 14.2. The first kappa shape index (κ1) is 15.4. The largest absolute Gasteiger partial charge is 0.486 e. The van der Waals surface area contributed by atoms with Crippen LogP contribution in [-0.4, -0.2) is 23.4 Å². The van der Waals surface area contributed by atoms with Gasteiger partial charge in [0.05, 0.1) is 0 Å². The number of fused-ring (bicyclic) bond motifs is 1. The molecule has 0 saturated heterocycles. The van der Waals surface area contributed by atoms with E-state index < -0.39 is 0 Å². The molecule has 2 atom stereocenters. The smallest absolute Gasteiger partial charge is 0.230 e. The van der Waals surface area contributed by atoms with Crippen molar-refractivity contribution in [2.24, 2.45) is 5.73 Å². The molecule has 1 aliphatic heterocycles. The van der Waals surface area contributed by atoms with Gasteiger partial charge in [-0.3, -0.25) is 0 Å². The van der Waals surface area contributed by atoms with Gasteiger partial charge in [-0.2, -0.15) is 4.98 Å². The van der Waals surface area contributed by atoms with E-state index in [9.17, 15) is 0 Å². The molecule has 132 valence electrons. The van der Waals surface area contributed by atoms with E-state index in [1.807, 2.05) is 30.3 Å². The number of hydrogen-bond donors (Lipinski definition) is 1. The Kier molecular flexibility index (Phi) is 3.64. The van der Waals surface area contributed by atoms with E-state index in [0.29, 0.717) is 37.4 Å². The van der Waals surface area contributed by atoms with Crippen molar-refractivity contribution < 1.29 is 14.0 Å². The van der Waals surface area contributed by atoms with Crippen LogP contribution in [0.1, 0.15) is 35.3 Å². The molecule has 3 aromatic rings. The zero-order chi connectivity index (χ0) is 17.5. The highest BCUT2D eigenvalue weighted by Crippen LogP contribution is 2.55. The molecule has 1 aliphatic carbocycles. The Hall–Kier alpha value is -2.86. The third-order valence-electron chi connectivity index (χ3n) is 4.99. The third kappa shape index (κ3) is 2.72. The zero-order valence-electron chi connectivity index (χ0n) is 14.2. The van der Waals surface area contributed by atoms with Gasteiger partial charge in [0.25, 0.3) is 0 Å². The average Bonchev–Trinajstić information content (AvgIpc) is 3.36. The minimum atomic E-state index is 0.266. The molecule has 2 unspecified atom stereocenters. The van der Waals surface area contributed by atoms with Crippen molar-refractivity contribution in [1.29, 1.82) is 0 Å². The molecular formula is C20H19N3O3. The lowest BCUT2D eigenvalue weighted by Gasteiger charge is -2.18. The van der Waals surface area contributed by atoms with Crippen LogP contribution < -0.4 is 15.2 Å². The van der Waals surface area contributed by atoms with Crippen LogP contribution in [0.4, 0.5) is 0 Å². The fourth-order valence-electron chi connectivity index (χ4n) is 3.42. The van der Waals surface area contributed by atoms with E-state index in [-0.39, 0.29) is 5.92 Å². The summed E-state index contributed by atoms with van der Waals surface area (Å²) in [5, 5.41) is 4.14. The molecule has 1 saturated carbocycles. The van der Waals surface area contributed by atoms with Gasteiger partial charge in [0, 0.05) is 18.0 Å². The van der Waals surface area contributed by atoms with Crippen LogP contribution in [0.2, 0.25) is 0 Å².